The number of carbonyl (C=O) groups is 2. The number of carbonyl (C=O) groups excluding carboxylic acids is 2. The smallest absolute Gasteiger partial charge is 0.312 e. The quantitative estimate of drug-likeness (QED) is 0.706. The molecule has 7 nitrogen and oxygen atoms in total. The summed E-state index contributed by atoms with van der Waals surface area (Å²) in [6, 6.07) is 4.42. The van der Waals surface area contributed by atoms with Gasteiger partial charge < -0.3 is 14.6 Å². The molecule has 2 atom stereocenters. The highest BCUT2D eigenvalue weighted by molar-refractivity contribution is 5.93. The maximum atomic E-state index is 14.0. The molecular weight excluding hydrogens is 420 g/mol. The van der Waals surface area contributed by atoms with Crippen molar-refractivity contribution in [1.29, 1.82) is 0 Å². The molecule has 0 radical (unpaired) electrons. The van der Waals surface area contributed by atoms with Crippen LogP contribution in [0.1, 0.15) is 49.0 Å². The molecule has 32 heavy (non-hydrogen) atoms. The minimum atomic E-state index is -0.811. The van der Waals surface area contributed by atoms with Crippen molar-refractivity contribution in [2.45, 2.75) is 50.6 Å². The number of halogens is 2. The van der Waals surface area contributed by atoms with Crippen molar-refractivity contribution in [2.75, 3.05) is 20.2 Å². The van der Waals surface area contributed by atoms with Gasteiger partial charge in [0.1, 0.15) is 11.6 Å². The molecule has 172 valence electrons. The summed E-state index contributed by atoms with van der Waals surface area (Å²) in [5, 5.41) is 6.60. The first-order valence-corrected chi connectivity index (χ1v) is 11.0. The van der Waals surface area contributed by atoms with E-state index >= 15 is 0 Å². The molecule has 1 amide bonds. The van der Waals surface area contributed by atoms with E-state index < -0.39 is 29.5 Å². The van der Waals surface area contributed by atoms with Crippen molar-refractivity contribution in [3.63, 3.8) is 0 Å². The molecule has 1 aliphatic carbocycles. The number of methoxy groups -OCH3 is 1. The Balaban J connectivity index is 1.44. The van der Waals surface area contributed by atoms with Crippen LogP contribution in [0.2, 0.25) is 0 Å². The van der Waals surface area contributed by atoms with Crippen molar-refractivity contribution < 1.29 is 27.6 Å². The molecule has 1 aromatic carbocycles. The maximum Gasteiger partial charge on any atom is 0.312 e. The molecule has 1 saturated heterocycles. The van der Waals surface area contributed by atoms with Crippen LogP contribution in [0.25, 0.3) is 11.3 Å². The highest BCUT2D eigenvalue weighted by Gasteiger charge is 2.38. The summed E-state index contributed by atoms with van der Waals surface area (Å²) in [4.78, 5) is 27.6. The Morgan fingerprint density at radius 1 is 1.16 bits per heavy atom. The molecule has 0 spiro atoms. The Kier molecular flexibility index (Phi) is 6.83. The lowest BCUT2D eigenvalue weighted by Crippen LogP contribution is -2.56. The van der Waals surface area contributed by atoms with Crippen molar-refractivity contribution >= 4 is 11.9 Å². The van der Waals surface area contributed by atoms with Gasteiger partial charge in [0, 0.05) is 37.3 Å². The SMILES string of the molecule is COC(=O)C1CN(C2CCCCC2)CCC1NC(=O)c1cc(-c2ccc(F)cc2F)on1. The molecule has 2 fully saturated rings. The van der Waals surface area contributed by atoms with Gasteiger partial charge >= 0.3 is 5.97 Å². The second-order valence-corrected chi connectivity index (χ2v) is 8.49. The Hall–Kier alpha value is -2.81. The Bertz CT molecular complexity index is 974. The number of esters is 1. The molecule has 2 unspecified atom stereocenters. The normalized spacial score (nSPS) is 22.5. The van der Waals surface area contributed by atoms with E-state index in [2.05, 4.69) is 15.4 Å². The summed E-state index contributed by atoms with van der Waals surface area (Å²) in [7, 11) is 1.35. The van der Waals surface area contributed by atoms with Crippen LogP contribution >= 0.6 is 0 Å². The number of nitrogens with zero attached hydrogens (tertiary/aromatic N) is 2. The third-order valence-electron chi connectivity index (χ3n) is 6.50. The molecule has 1 N–H and O–H groups in total. The summed E-state index contributed by atoms with van der Waals surface area (Å²) in [5.74, 6) is -2.87. The first-order chi connectivity index (χ1) is 15.5. The predicted octanol–water partition coefficient (Wildman–Crippen LogP) is 3.55. The van der Waals surface area contributed by atoms with E-state index in [-0.39, 0.29) is 23.0 Å². The molecular formula is C23H27F2N3O4. The van der Waals surface area contributed by atoms with Crippen LogP contribution < -0.4 is 5.32 Å². The number of amides is 1. The van der Waals surface area contributed by atoms with Gasteiger partial charge in [-0.25, -0.2) is 8.78 Å². The maximum absolute atomic E-state index is 14.0. The van der Waals surface area contributed by atoms with Gasteiger partial charge in [-0.15, -0.1) is 0 Å². The number of benzene rings is 1. The average molecular weight is 447 g/mol. The summed E-state index contributed by atoms with van der Waals surface area (Å²) in [6.07, 6.45) is 6.53. The monoisotopic (exact) mass is 447 g/mol. The number of aromatic nitrogens is 1. The molecule has 0 bridgehead atoms. The fraction of sp³-hybridized carbons (Fsp3) is 0.522. The first-order valence-electron chi connectivity index (χ1n) is 11.0. The molecule has 2 aromatic rings. The average Bonchev–Trinajstić information content (AvgIpc) is 3.29. The summed E-state index contributed by atoms with van der Waals surface area (Å²) in [6.45, 7) is 1.32. The topological polar surface area (TPSA) is 84.7 Å². The zero-order valence-corrected chi connectivity index (χ0v) is 18.0. The second-order valence-electron chi connectivity index (χ2n) is 8.49. The van der Waals surface area contributed by atoms with Crippen LogP contribution in [-0.4, -0.2) is 54.2 Å². The third kappa shape index (κ3) is 4.82. The summed E-state index contributed by atoms with van der Waals surface area (Å²) >= 11 is 0. The first kappa shape index (κ1) is 22.4. The lowest BCUT2D eigenvalue weighted by molar-refractivity contribution is -0.148. The van der Waals surface area contributed by atoms with Crippen LogP contribution in [0, 0.1) is 17.6 Å². The molecule has 4 rings (SSSR count). The van der Waals surface area contributed by atoms with E-state index in [1.807, 2.05) is 0 Å². The zero-order valence-electron chi connectivity index (χ0n) is 18.0. The largest absolute Gasteiger partial charge is 0.469 e. The molecule has 1 aliphatic heterocycles. The van der Waals surface area contributed by atoms with Crippen molar-refractivity contribution in [2.24, 2.45) is 5.92 Å². The molecule has 2 aliphatic rings. The van der Waals surface area contributed by atoms with Crippen LogP contribution in [-0.2, 0) is 9.53 Å². The number of nitrogens with one attached hydrogen (secondary N) is 1. The van der Waals surface area contributed by atoms with Gasteiger partial charge in [-0.3, -0.25) is 14.5 Å². The molecule has 2 heterocycles. The second kappa shape index (κ2) is 9.77. The number of hydrogen-bond donors (Lipinski definition) is 1. The van der Waals surface area contributed by atoms with Gasteiger partial charge in [-0.1, -0.05) is 24.4 Å². The van der Waals surface area contributed by atoms with Crippen LogP contribution in [0.4, 0.5) is 8.78 Å². The Labute approximate surface area is 185 Å². The van der Waals surface area contributed by atoms with Gasteiger partial charge in [0.05, 0.1) is 18.6 Å². The number of piperidine rings is 1. The standard InChI is InChI=1S/C23H27F2N3O4/c1-31-23(30)17-13-28(15-5-3-2-4-6-15)10-9-19(17)26-22(29)20-12-21(32-27-20)16-8-7-14(24)11-18(16)25/h7-8,11-12,15,17,19H,2-6,9-10,13H2,1H3,(H,26,29). The van der Waals surface area contributed by atoms with Gasteiger partial charge in [-0.05, 0) is 31.4 Å². The van der Waals surface area contributed by atoms with E-state index in [0.717, 1.165) is 31.5 Å². The fourth-order valence-electron chi connectivity index (χ4n) is 4.76. The van der Waals surface area contributed by atoms with Gasteiger partial charge in [-0.2, -0.15) is 0 Å². The fourth-order valence-corrected chi connectivity index (χ4v) is 4.76. The summed E-state index contributed by atoms with van der Waals surface area (Å²) < 4.78 is 37.3. The van der Waals surface area contributed by atoms with Crippen molar-refractivity contribution in [3.05, 3.63) is 41.6 Å². The highest BCUT2D eigenvalue weighted by atomic mass is 19.1. The number of rotatable bonds is 5. The highest BCUT2D eigenvalue weighted by Crippen LogP contribution is 2.29. The number of likely N-dealkylation sites (tertiary alicyclic amines) is 1. The lowest BCUT2D eigenvalue weighted by atomic mass is 9.87. The Morgan fingerprint density at radius 3 is 2.66 bits per heavy atom. The number of ether oxygens (including phenoxy) is 1. The van der Waals surface area contributed by atoms with E-state index in [1.165, 1.54) is 38.5 Å². The van der Waals surface area contributed by atoms with E-state index in [0.29, 0.717) is 19.0 Å². The molecule has 1 aromatic heterocycles. The molecule has 1 saturated carbocycles. The van der Waals surface area contributed by atoms with Gasteiger partial charge in [0.15, 0.2) is 11.5 Å². The minimum absolute atomic E-state index is 0.00572. The Morgan fingerprint density at radius 2 is 1.94 bits per heavy atom. The minimum Gasteiger partial charge on any atom is -0.469 e. The van der Waals surface area contributed by atoms with Crippen molar-refractivity contribution in [3.8, 4) is 11.3 Å². The van der Waals surface area contributed by atoms with E-state index in [1.54, 1.807) is 0 Å². The van der Waals surface area contributed by atoms with Gasteiger partial charge in [0.2, 0.25) is 0 Å². The number of hydrogen-bond acceptors (Lipinski definition) is 6. The van der Waals surface area contributed by atoms with Crippen molar-refractivity contribution in [1.82, 2.24) is 15.4 Å². The van der Waals surface area contributed by atoms with E-state index in [4.69, 9.17) is 9.26 Å². The van der Waals surface area contributed by atoms with Gasteiger partial charge in [0.25, 0.3) is 5.91 Å². The van der Waals surface area contributed by atoms with Crippen LogP contribution in [0.3, 0.4) is 0 Å². The van der Waals surface area contributed by atoms with E-state index in [9.17, 15) is 18.4 Å². The summed E-state index contributed by atoms with van der Waals surface area (Å²) in [5.41, 5.74) is -0.0340. The van der Waals surface area contributed by atoms with Crippen LogP contribution in [0.15, 0.2) is 28.8 Å². The lowest BCUT2D eigenvalue weighted by Gasteiger charge is -2.42. The zero-order chi connectivity index (χ0) is 22.7. The third-order valence-corrected chi connectivity index (χ3v) is 6.50. The van der Waals surface area contributed by atoms with Crippen LogP contribution in [0.5, 0.6) is 0 Å². The molecule has 9 heteroatoms. The predicted molar refractivity (Wildman–Crippen MR) is 112 cm³/mol.